The van der Waals surface area contributed by atoms with Crippen LogP contribution >= 0.6 is 0 Å². The number of rotatable bonds is 45. The van der Waals surface area contributed by atoms with Crippen molar-refractivity contribution in [2.45, 2.75) is 198 Å². The lowest BCUT2D eigenvalue weighted by atomic mass is 9.97. The molecule has 508 valence electrons. The summed E-state index contributed by atoms with van der Waals surface area (Å²) in [5.74, 6) is -13.1. The third-order valence-electron chi connectivity index (χ3n) is 14.4. The zero-order chi connectivity index (χ0) is 68.2. The average Bonchev–Trinajstić information content (AvgIpc) is 2.05. The van der Waals surface area contributed by atoms with Crippen LogP contribution in [-0.2, 0) is 64.0 Å². The molecule has 1 aromatic rings. The molecule has 0 saturated carbocycles. The maximum Gasteiger partial charge on any atom is 0.326 e. The fourth-order valence-electron chi connectivity index (χ4n) is 8.88. The van der Waals surface area contributed by atoms with Crippen molar-refractivity contribution in [2.75, 3.05) is 32.8 Å². The number of aliphatic hydroxyl groups excluding tert-OH is 2. The van der Waals surface area contributed by atoms with Gasteiger partial charge in [0, 0.05) is 19.4 Å². The summed E-state index contributed by atoms with van der Waals surface area (Å²) in [7, 11) is 0. The van der Waals surface area contributed by atoms with Crippen molar-refractivity contribution in [1.82, 2.24) is 53.2 Å². The molecule has 0 radical (unpaired) electrons. The highest BCUT2D eigenvalue weighted by atomic mass is 16.4. The number of hydrogen-bond donors (Lipinski definition) is 19. The van der Waals surface area contributed by atoms with Crippen molar-refractivity contribution in [3.05, 3.63) is 35.9 Å². The number of benzene rings is 1. The molecule has 0 unspecified atom stereocenters. The van der Waals surface area contributed by atoms with Crippen LogP contribution in [-0.4, -0.2) is 197 Å². The molecule has 1 aromatic carbocycles. The Kier molecular flexibility index (Phi) is 38.0. The first-order chi connectivity index (χ1) is 42.4. The molecule has 1 rings (SSSR count). The second kappa shape index (κ2) is 42.8. The Bertz CT molecular complexity index is 2520. The third kappa shape index (κ3) is 30.9. The highest BCUT2D eigenvalue weighted by Crippen LogP contribution is 2.13. The van der Waals surface area contributed by atoms with E-state index in [9.17, 15) is 72.9 Å². The Hall–Kier alpha value is -8.07. The predicted molar refractivity (Wildman–Crippen MR) is 331 cm³/mol. The van der Waals surface area contributed by atoms with Crippen LogP contribution in [0.15, 0.2) is 35.3 Å². The normalized spacial score (nSPS) is 15.2. The summed E-state index contributed by atoms with van der Waals surface area (Å²) < 4.78 is 0. The number of nitrogens with two attached hydrogens (primary N) is 5. The summed E-state index contributed by atoms with van der Waals surface area (Å²) in [6.45, 7) is 10.2. The van der Waals surface area contributed by atoms with E-state index in [1.54, 1.807) is 65.0 Å². The van der Waals surface area contributed by atoms with E-state index in [4.69, 9.17) is 33.8 Å². The van der Waals surface area contributed by atoms with Crippen LogP contribution in [0.2, 0.25) is 0 Å². The van der Waals surface area contributed by atoms with Gasteiger partial charge in [-0.25, -0.2) is 4.79 Å². The van der Waals surface area contributed by atoms with Crippen molar-refractivity contribution in [3.8, 4) is 0 Å². The van der Waals surface area contributed by atoms with Crippen LogP contribution in [0.25, 0.3) is 0 Å². The highest BCUT2D eigenvalue weighted by molar-refractivity contribution is 5.98. The van der Waals surface area contributed by atoms with Gasteiger partial charge >= 0.3 is 11.9 Å². The average molecular weight is 1280 g/mol. The van der Waals surface area contributed by atoms with Crippen molar-refractivity contribution >= 4 is 77.0 Å². The van der Waals surface area contributed by atoms with Gasteiger partial charge < -0.3 is 102 Å². The van der Waals surface area contributed by atoms with Crippen LogP contribution in [0.1, 0.15) is 131 Å². The lowest BCUT2D eigenvalue weighted by Crippen LogP contribution is -2.61. The third-order valence-corrected chi connectivity index (χ3v) is 14.4. The zero-order valence-electron chi connectivity index (χ0n) is 52.7. The van der Waals surface area contributed by atoms with Crippen molar-refractivity contribution in [3.63, 3.8) is 0 Å². The number of carbonyl (C=O) groups is 12. The summed E-state index contributed by atoms with van der Waals surface area (Å²) in [5.41, 5.74) is 29.0. The highest BCUT2D eigenvalue weighted by Gasteiger charge is 2.37. The summed E-state index contributed by atoms with van der Waals surface area (Å²) in [5, 5.41) is 64.9. The largest absolute Gasteiger partial charge is 0.481 e. The number of carboxylic acids is 2. The van der Waals surface area contributed by atoms with Crippen LogP contribution < -0.4 is 81.8 Å². The second-order valence-corrected chi connectivity index (χ2v) is 22.9. The van der Waals surface area contributed by atoms with Gasteiger partial charge in [0.1, 0.15) is 54.4 Å². The maximum atomic E-state index is 14.1. The number of aliphatic imine (C=N–C) groups is 1. The molecular formula is C58H100N16O16. The molecule has 0 spiro atoms. The van der Waals surface area contributed by atoms with Crippen LogP contribution in [0.4, 0.5) is 0 Å². The van der Waals surface area contributed by atoms with E-state index in [2.05, 4.69) is 58.2 Å². The Labute approximate surface area is 525 Å². The molecule has 32 heteroatoms. The van der Waals surface area contributed by atoms with Crippen LogP contribution in [0.5, 0.6) is 0 Å². The standard InChI is InChI=1S/C58H100N16O16/c1-8-33(6)45(61)54(86)74-46(32(4)5)55(87)68-38(21-16-26-64-58(62)63)51(83)72-42(30-75)53(85)70-41(28-35-17-10-9-11-18-35)48(80)65-29-43(77)73-47(34(7)76)56(88)71-40(27-31(2)3)52(84)67-36(19-12-14-24-59)49(81)66-37(20-13-15-25-60)50(82)69-39(57(89)90)22-23-44(78)79/h9-11,17-18,31-34,36-42,45-47,75-76H,8,12-16,19-30,59-61H2,1-7H3,(H,65,80)(H,66,81)(H,67,84)(H,68,87)(H,69,82)(H,70,85)(H,71,88)(H,72,83)(H,73,77)(H,74,86)(H,78,79)(H,89,90)(H4,62,63,64)/t33-,34+,36-,37-,38-,39-,40-,41-,42-,45-,46-,47-/m0/s1. The van der Waals surface area contributed by atoms with E-state index in [0.29, 0.717) is 37.7 Å². The van der Waals surface area contributed by atoms with Crippen molar-refractivity contribution < 1.29 is 78.0 Å². The summed E-state index contributed by atoms with van der Waals surface area (Å²) in [4.78, 5) is 165. The van der Waals surface area contributed by atoms with E-state index in [0.717, 1.165) is 0 Å². The molecule has 12 atom stereocenters. The van der Waals surface area contributed by atoms with Crippen molar-refractivity contribution in [2.24, 2.45) is 51.4 Å². The lowest BCUT2D eigenvalue weighted by Gasteiger charge is -2.28. The van der Waals surface area contributed by atoms with E-state index in [1.807, 2.05) is 6.92 Å². The number of nitrogens with zero attached hydrogens (tertiary/aromatic N) is 1. The molecule has 0 saturated heterocycles. The topological polar surface area (TPSA) is 549 Å². The molecule has 0 heterocycles. The molecule has 0 aromatic heterocycles. The monoisotopic (exact) mass is 1280 g/mol. The number of amides is 10. The van der Waals surface area contributed by atoms with Gasteiger partial charge in [-0.15, -0.1) is 0 Å². The number of unbranched alkanes of at least 4 members (excludes halogenated alkanes) is 2. The first kappa shape index (κ1) is 79.9. The number of guanidine groups is 1. The van der Waals surface area contributed by atoms with Crippen LogP contribution in [0.3, 0.4) is 0 Å². The van der Waals surface area contributed by atoms with Gasteiger partial charge in [-0.3, -0.25) is 57.7 Å². The van der Waals surface area contributed by atoms with Gasteiger partial charge in [0.25, 0.3) is 0 Å². The molecular weight excluding hydrogens is 1180 g/mol. The van der Waals surface area contributed by atoms with Crippen molar-refractivity contribution in [1.29, 1.82) is 0 Å². The van der Waals surface area contributed by atoms with Gasteiger partial charge in [0.15, 0.2) is 5.96 Å². The van der Waals surface area contributed by atoms with E-state index in [1.165, 1.54) is 6.92 Å². The van der Waals surface area contributed by atoms with E-state index in [-0.39, 0.29) is 76.0 Å². The van der Waals surface area contributed by atoms with E-state index < -0.39 is 169 Å². The molecule has 90 heavy (non-hydrogen) atoms. The van der Waals surface area contributed by atoms with Gasteiger partial charge in [-0.2, -0.15) is 0 Å². The Morgan fingerprint density at radius 2 is 1.00 bits per heavy atom. The van der Waals surface area contributed by atoms with Gasteiger partial charge in [-0.1, -0.05) is 78.3 Å². The number of aliphatic hydroxyl groups is 2. The van der Waals surface area contributed by atoms with Crippen LogP contribution in [0, 0.1) is 17.8 Å². The summed E-state index contributed by atoms with van der Waals surface area (Å²) in [6, 6.07) is -5.86. The Balaban J connectivity index is 3.41. The molecule has 0 fully saturated rings. The first-order valence-electron chi connectivity index (χ1n) is 30.4. The molecule has 0 bridgehead atoms. The Morgan fingerprint density at radius 3 is 1.47 bits per heavy atom. The predicted octanol–water partition coefficient (Wildman–Crippen LogP) is -4.58. The van der Waals surface area contributed by atoms with Gasteiger partial charge in [0.2, 0.25) is 59.1 Å². The zero-order valence-corrected chi connectivity index (χ0v) is 52.7. The molecule has 0 aliphatic heterocycles. The number of carboxylic acid groups (broad SMARTS) is 2. The number of aliphatic carboxylic acids is 2. The fraction of sp³-hybridized carbons (Fsp3) is 0.672. The fourth-order valence-corrected chi connectivity index (χ4v) is 8.88. The summed E-state index contributed by atoms with van der Waals surface area (Å²) >= 11 is 0. The molecule has 24 N–H and O–H groups in total. The summed E-state index contributed by atoms with van der Waals surface area (Å²) in [6.07, 6.45) is -0.832. The first-order valence-corrected chi connectivity index (χ1v) is 30.4. The molecule has 32 nitrogen and oxygen atoms in total. The Morgan fingerprint density at radius 1 is 0.533 bits per heavy atom. The molecule has 0 aliphatic carbocycles. The number of carbonyl (C=O) groups excluding carboxylic acids is 10. The molecule has 0 aliphatic rings. The number of hydrogen-bond acceptors (Lipinski definition) is 18. The molecule has 10 amide bonds. The smallest absolute Gasteiger partial charge is 0.326 e. The lowest BCUT2D eigenvalue weighted by molar-refractivity contribution is -0.143. The second-order valence-electron chi connectivity index (χ2n) is 22.9. The minimum absolute atomic E-state index is 0.0132. The quantitative estimate of drug-likeness (QED) is 0.0166. The van der Waals surface area contributed by atoms with Gasteiger partial charge in [0.05, 0.1) is 25.3 Å². The van der Waals surface area contributed by atoms with Gasteiger partial charge in [-0.05, 0) is 108 Å². The SMILES string of the molecule is CC[C@H](C)[C@H](N)C(=O)N[C@H](C(=O)N[C@@H](CCCN=C(N)N)C(=O)N[C@@H](CO)C(=O)N[C@@H](Cc1ccccc1)C(=O)NCC(=O)N[C@H](C(=O)N[C@@H](CC(C)C)C(=O)N[C@@H](CCCCN)C(=O)N[C@@H](CCCCN)C(=O)N[C@@H](CCC(=O)O)C(=O)O)[C@@H](C)O)C(C)C. The van der Waals surface area contributed by atoms with E-state index >= 15 is 0 Å². The minimum atomic E-state index is -1.75. The number of nitrogens with one attached hydrogen (secondary N) is 10. The maximum absolute atomic E-state index is 14.1. The minimum Gasteiger partial charge on any atom is -0.481 e.